The van der Waals surface area contributed by atoms with Gasteiger partial charge in [0.05, 0.1) is 90.8 Å². The number of hydrogen-bond donors (Lipinski definition) is 3. The van der Waals surface area contributed by atoms with Crippen LogP contribution in [-0.4, -0.2) is 127 Å². The number of carbonyl (C=O) groups excluding carboxylic acids is 1. The third-order valence-electron chi connectivity index (χ3n) is 6.83. The standard InChI is InChI=1S/C28H38F5N3O11/c1-16-25(39)26(40)18(15-37)46-28(16)45-6-2-17-14-36(35-34-17)4-7-42-9-11-44-13-12-43-10-8-41-5-3-19(38)47-27-23(32)21(30)20(29)22(31)24(27)33/h14,16,18,25-26,28,37,39-40H,2-13,15H2,1H3/t16-,18-,25-,26+,28-/m1/s1. The van der Waals surface area contributed by atoms with Crippen LogP contribution in [0, 0.1) is 35.0 Å². The van der Waals surface area contributed by atoms with Gasteiger partial charge in [-0.3, -0.25) is 4.79 Å². The summed E-state index contributed by atoms with van der Waals surface area (Å²) in [6.07, 6.45) is -2.29. The van der Waals surface area contributed by atoms with Gasteiger partial charge in [0.2, 0.25) is 34.8 Å². The predicted molar refractivity (Wildman–Crippen MR) is 146 cm³/mol. The highest BCUT2D eigenvalue weighted by Crippen LogP contribution is 2.29. The number of ether oxygens (including phenoxy) is 7. The highest BCUT2D eigenvalue weighted by Gasteiger charge is 2.42. The van der Waals surface area contributed by atoms with Crippen LogP contribution in [0.3, 0.4) is 0 Å². The molecule has 2 heterocycles. The molecule has 1 aromatic carbocycles. The average Bonchev–Trinajstić information content (AvgIpc) is 3.52. The number of aliphatic hydroxyl groups is 3. The average molecular weight is 688 g/mol. The number of halogens is 5. The molecular formula is C28H38F5N3O11. The Labute approximate surface area is 266 Å². The van der Waals surface area contributed by atoms with Crippen LogP contribution in [0.2, 0.25) is 0 Å². The van der Waals surface area contributed by atoms with Gasteiger partial charge in [-0.05, 0) is 0 Å². The monoisotopic (exact) mass is 687 g/mol. The highest BCUT2D eigenvalue weighted by molar-refractivity contribution is 5.72. The zero-order valence-corrected chi connectivity index (χ0v) is 25.5. The molecule has 0 bridgehead atoms. The normalized spacial score (nSPS) is 21.3. The van der Waals surface area contributed by atoms with E-state index >= 15 is 0 Å². The molecule has 1 aliphatic heterocycles. The molecule has 0 radical (unpaired) electrons. The topological polar surface area (TPSA) is 173 Å². The van der Waals surface area contributed by atoms with E-state index in [1.807, 2.05) is 0 Å². The molecule has 0 unspecified atom stereocenters. The maximum atomic E-state index is 13.5. The fourth-order valence-electron chi connectivity index (χ4n) is 4.17. The van der Waals surface area contributed by atoms with Gasteiger partial charge in [0.15, 0.2) is 6.29 Å². The number of esters is 1. The molecule has 0 spiro atoms. The molecule has 3 rings (SSSR count). The quantitative estimate of drug-likeness (QED) is 0.0418. The molecule has 2 aromatic rings. The van der Waals surface area contributed by atoms with Crippen LogP contribution in [-0.2, 0) is 46.2 Å². The summed E-state index contributed by atoms with van der Waals surface area (Å²) in [6.45, 7) is 3.42. The summed E-state index contributed by atoms with van der Waals surface area (Å²) in [7, 11) is 0. The second kappa shape index (κ2) is 19.8. The maximum Gasteiger partial charge on any atom is 0.313 e. The van der Waals surface area contributed by atoms with Gasteiger partial charge in [-0.2, -0.15) is 8.78 Å². The summed E-state index contributed by atoms with van der Waals surface area (Å²) in [4.78, 5) is 11.7. The molecule has 3 N–H and O–H groups in total. The van der Waals surface area contributed by atoms with Crippen LogP contribution in [0.15, 0.2) is 6.20 Å². The minimum Gasteiger partial charge on any atom is -0.420 e. The number of rotatable bonds is 21. The summed E-state index contributed by atoms with van der Waals surface area (Å²) in [5.74, 6) is -14.7. The fraction of sp³-hybridized carbons (Fsp3) is 0.679. The zero-order valence-electron chi connectivity index (χ0n) is 25.5. The second-order valence-electron chi connectivity index (χ2n) is 10.2. The van der Waals surface area contributed by atoms with Gasteiger partial charge in [-0.1, -0.05) is 12.1 Å². The van der Waals surface area contributed by atoms with Crippen LogP contribution in [0.1, 0.15) is 19.0 Å². The van der Waals surface area contributed by atoms with E-state index in [0.29, 0.717) is 38.5 Å². The van der Waals surface area contributed by atoms with Crippen LogP contribution in [0.5, 0.6) is 5.75 Å². The Morgan fingerprint density at radius 2 is 1.38 bits per heavy atom. The first kappa shape index (κ1) is 38.6. The Balaban J connectivity index is 1.13. The lowest BCUT2D eigenvalue weighted by Crippen LogP contribution is -2.55. The molecule has 19 heteroatoms. The van der Waals surface area contributed by atoms with Crippen molar-refractivity contribution in [1.29, 1.82) is 0 Å². The SMILES string of the molecule is C[C@H]1[C@H](OCCc2cn(CCOCCOCCOCCOCCC(=O)Oc3c(F)c(F)c(F)c(F)c3F)nn2)O[C@H](CO)[C@H](O)[C@@H]1O. The van der Waals surface area contributed by atoms with Gasteiger partial charge >= 0.3 is 5.97 Å². The van der Waals surface area contributed by atoms with Crippen LogP contribution in [0.4, 0.5) is 22.0 Å². The van der Waals surface area contributed by atoms with Gasteiger partial charge in [0.25, 0.3) is 0 Å². The highest BCUT2D eigenvalue weighted by atomic mass is 19.2. The van der Waals surface area contributed by atoms with Crippen molar-refractivity contribution in [3.8, 4) is 5.75 Å². The van der Waals surface area contributed by atoms with Crippen molar-refractivity contribution in [2.75, 3.05) is 66.1 Å². The van der Waals surface area contributed by atoms with Crippen molar-refractivity contribution in [3.63, 3.8) is 0 Å². The minimum absolute atomic E-state index is 0.0598. The third-order valence-corrected chi connectivity index (χ3v) is 6.83. The number of carbonyl (C=O) groups is 1. The number of benzene rings is 1. The van der Waals surface area contributed by atoms with Crippen molar-refractivity contribution in [1.82, 2.24) is 15.0 Å². The third kappa shape index (κ3) is 11.6. The Morgan fingerprint density at radius 1 is 0.830 bits per heavy atom. The molecule has 1 fully saturated rings. The van der Waals surface area contributed by atoms with E-state index in [-0.39, 0.29) is 39.6 Å². The van der Waals surface area contributed by atoms with Crippen LogP contribution >= 0.6 is 0 Å². The Kier molecular flexibility index (Phi) is 16.3. The molecule has 0 amide bonds. The van der Waals surface area contributed by atoms with E-state index in [2.05, 4.69) is 15.0 Å². The largest absolute Gasteiger partial charge is 0.420 e. The van der Waals surface area contributed by atoms with Crippen LogP contribution in [0.25, 0.3) is 0 Å². The number of aliphatic hydroxyl groups excluding tert-OH is 3. The first-order valence-electron chi connectivity index (χ1n) is 14.7. The van der Waals surface area contributed by atoms with E-state index in [9.17, 15) is 42.1 Å². The number of aromatic nitrogens is 3. The lowest BCUT2D eigenvalue weighted by molar-refractivity contribution is -0.282. The van der Waals surface area contributed by atoms with Crippen molar-refractivity contribution >= 4 is 5.97 Å². The molecular weight excluding hydrogens is 649 g/mol. The second-order valence-corrected chi connectivity index (χ2v) is 10.2. The molecule has 14 nitrogen and oxygen atoms in total. The number of nitrogens with zero attached hydrogens (tertiary/aromatic N) is 3. The lowest BCUT2D eigenvalue weighted by atomic mass is 9.92. The molecule has 1 saturated heterocycles. The Morgan fingerprint density at radius 3 is 1.98 bits per heavy atom. The molecule has 5 atom stereocenters. The number of hydrogen-bond acceptors (Lipinski definition) is 13. The smallest absolute Gasteiger partial charge is 0.313 e. The summed E-state index contributed by atoms with van der Waals surface area (Å²) < 4.78 is 105. The van der Waals surface area contributed by atoms with E-state index in [1.54, 1.807) is 17.8 Å². The van der Waals surface area contributed by atoms with Gasteiger partial charge in [0.1, 0.15) is 12.2 Å². The summed E-state index contributed by atoms with van der Waals surface area (Å²) in [5, 5.41) is 37.4. The summed E-state index contributed by atoms with van der Waals surface area (Å²) in [6, 6.07) is 0. The van der Waals surface area contributed by atoms with E-state index in [4.69, 9.17) is 28.4 Å². The van der Waals surface area contributed by atoms with Crippen molar-refractivity contribution in [2.45, 2.75) is 50.9 Å². The fourth-order valence-corrected chi connectivity index (χ4v) is 4.17. The van der Waals surface area contributed by atoms with Gasteiger partial charge in [-0.15, -0.1) is 5.10 Å². The van der Waals surface area contributed by atoms with Crippen LogP contribution < -0.4 is 4.74 Å². The lowest BCUT2D eigenvalue weighted by Gasteiger charge is -2.40. The predicted octanol–water partition coefficient (Wildman–Crippen LogP) is 0.670. The molecule has 266 valence electrons. The van der Waals surface area contributed by atoms with Crippen molar-refractivity contribution in [2.24, 2.45) is 5.92 Å². The Hall–Kier alpha value is -2.88. The van der Waals surface area contributed by atoms with E-state index in [1.165, 1.54) is 0 Å². The van der Waals surface area contributed by atoms with Gasteiger partial charge < -0.3 is 48.5 Å². The van der Waals surface area contributed by atoms with E-state index < -0.39 is 84.4 Å². The molecule has 47 heavy (non-hydrogen) atoms. The first-order chi connectivity index (χ1) is 22.5. The Bertz CT molecular complexity index is 1230. The molecule has 1 aliphatic rings. The van der Waals surface area contributed by atoms with Crippen molar-refractivity contribution in [3.05, 3.63) is 41.0 Å². The zero-order chi connectivity index (χ0) is 34.3. The molecule has 0 saturated carbocycles. The molecule has 1 aromatic heterocycles. The minimum atomic E-state index is -2.36. The first-order valence-corrected chi connectivity index (χ1v) is 14.7. The maximum absolute atomic E-state index is 13.5. The van der Waals surface area contributed by atoms with Gasteiger partial charge in [0, 0.05) is 18.5 Å². The molecule has 0 aliphatic carbocycles. The summed E-state index contributed by atoms with van der Waals surface area (Å²) in [5.41, 5.74) is 0.676. The summed E-state index contributed by atoms with van der Waals surface area (Å²) >= 11 is 0. The van der Waals surface area contributed by atoms with Gasteiger partial charge in [-0.25, -0.2) is 17.9 Å². The van der Waals surface area contributed by atoms with Crippen molar-refractivity contribution < 1.29 is 75.2 Å². The van der Waals surface area contributed by atoms with E-state index in [0.717, 1.165) is 0 Å².